The molecule has 0 saturated carbocycles. The minimum atomic E-state index is 0.861. The molecular weight excluding hydrogens is 298 g/mol. The molecule has 1 aromatic carbocycles. The first-order chi connectivity index (χ1) is 11.9. The van der Waals surface area contributed by atoms with Crippen LogP contribution in [0.5, 0.6) is 0 Å². The number of nitrogens with one attached hydrogen (secondary N) is 1. The molecule has 0 unspecified atom stereocenters. The van der Waals surface area contributed by atoms with Gasteiger partial charge in [0.15, 0.2) is 0 Å². The van der Waals surface area contributed by atoms with Crippen LogP contribution in [0, 0.1) is 0 Å². The first kappa shape index (κ1) is 15.2. The molecule has 0 bridgehead atoms. The van der Waals surface area contributed by atoms with Crippen molar-refractivity contribution in [2.45, 2.75) is 32.1 Å². The van der Waals surface area contributed by atoms with E-state index in [4.69, 9.17) is 0 Å². The van der Waals surface area contributed by atoms with Crippen molar-refractivity contribution in [3.05, 3.63) is 36.7 Å². The minimum absolute atomic E-state index is 0.861. The van der Waals surface area contributed by atoms with Crippen LogP contribution in [-0.2, 0) is 0 Å². The molecule has 5 nitrogen and oxygen atoms in total. The van der Waals surface area contributed by atoms with Crippen LogP contribution in [0.1, 0.15) is 32.1 Å². The topological polar surface area (TPSA) is 44.3 Å². The van der Waals surface area contributed by atoms with Gasteiger partial charge in [0.05, 0.1) is 0 Å². The van der Waals surface area contributed by atoms with Gasteiger partial charge in [-0.05, 0) is 56.4 Å². The summed E-state index contributed by atoms with van der Waals surface area (Å²) in [6.45, 7) is 4.55. The number of aromatic nitrogens is 2. The number of rotatable bonds is 4. The zero-order valence-corrected chi connectivity index (χ0v) is 14.1. The van der Waals surface area contributed by atoms with Crippen molar-refractivity contribution in [3.63, 3.8) is 0 Å². The quantitative estimate of drug-likeness (QED) is 0.927. The standard InChI is InChI=1S/C19H25N5/c1-2-12-24(13-3-1)19-14-18(20-15-21-19)22-16-6-8-17(9-7-16)23-10-4-5-11-23/h6-9,14-15H,1-5,10-13H2,(H,20,21,22). The molecule has 0 spiro atoms. The van der Waals surface area contributed by atoms with Crippen molar-refractivity contribution in [3.8, 4) is 0 Å². The summed E-state index contributed by atoms with van der Waals surface area (Å²) in [4.78, 5) is 13.6. The molecule has 126 valence electrons. The molecular formula is C19H25N5. The molecule has 4 rings (SSSR count). The van der Waals surface area contributed by atoms with Gasteiger partial charge in [0.25, 0.3) is 0 Å². The molecule has 2 aromatic rings. The molecule has 0 amide bonds. The van der Waals surface area contributed by atoms with E-state index in [0.717, 1.165) is 30.4 Å². The number of piperidine rings is 1. The molecule has 0 atom stereocenters. The highest BCUT2D eigenvalue weighted by Gasteiger charge is 2.13. The van der Waals surface area contributed by atoms with E-state index in [9.17, 15) is 0 Å². The fraction of sp³-hybridized carbons (Fsp3) is 0.474. The Bertz CT molecular complexity index is 658. The lowest BCUT2D eigenvalue weighted by Crippen LogP contribution is -2.30. The monoisotopic (exact) mass is 323 g/mol. The summed E-state index contributed by atoms with van der Waals surface area (Å²) < 4.78 is 0. The van der Waals surface area contributed by atoms with E-state index in [0.29, 0.717) is 0 Å². The van der Waals surface area contributed by atoms with Crippen molar-refractivity contribution >= 4 is 23.0 Å². The van der Waals surface area contributed by atoms with Crippen molar-refractivity contribution < 1.29 is 0 Å². The van der Waals surface area contributed by atoms with Crippen molar-refractivity contribution in [1.82, 2.24) is 9.97 Å². The second-order valence-corrected chi connectivity index (χ2v) is 6.68. The number of benzene rings is 1. The smallest absolute Gasteiger partial charge is 0.135 e. The van der Waals surface area contributed by atoms with E-state index in [1.54, 1.807) is 6.33 Å². The minimum Gasteiger partial charge on any atom is -0.372 e. The van der Waals surface area contributed by atoms with Gasteiger partial charge < -0.3 is 15.1 Å². The van der Waals surface area contributed by atoms with Crippen LogP contribution >= 0.6 is 0 Å². The molecule has 1 aromatic heterocycles. The summed E-state index contributed by atoms with van der Waals surface area (Å²) in [5.41, 5.74) is 2.39. The van der Waals surface area contributed by atoms with Crippen LogP contribution in [0.2, 0.25) is 0 Å². The first-order valence-electron chi connectivity index (χ1n) is 9.07. The molecule has 5 heteroatoms. The Morgan fingerprint density at radius 1 is 0.750 bits per heavy atom. The lowest BCUT2D eigenvalue weighted by molar-refractivity contribution is 0.573. The molecule has 0 radical (unpaired) electrons. The van der Waals surface area contributed by atoms with Crippen molar-refractivity contribution in [2.75, 3.05) is 41.3 Å². The maximum Gasteiger partial charge on any atom is 0.135 e. The average molecular weight is 323 g/mol. The predicted molar refractivity (Wildman–Crippen MR) is 99.3 cm³/mol. The zero-order chi connectivity index (χ0) is 16.2. The molecule has 2 aliphatic heterocycles. The van der Waals surface area contributed by atoms with Crippen LogP contribution in [0.3, 0.4) is 0 Å². The summed E-state index contributed by atoms with van der Waals surface area (Å²) >= 11 is 0. The van der Waals surface area contributed by atoms with Gasteiger partial charge >= 0.3 is 0 Å². The van der Waals surface area contributed by atoms with Crippen LogP contribution in [0.4, 0.5) is 23.0 Å². The Hall–Kier alpha value is -2.30. The molecule has 2 saturated heterocycles. The van der Waals surface area contributed by atoms with Crippen LogP contribution < -0.4 is 15.1 Å². The maximum atomic E-state index is 4.44. The Morgan fingerprint density at radius 3 is 2.17 bits per heavy atom. The average Bonchev–Trinajstić information content (AvgIpc) is 3.18. The third kappa shape index (κ3) is 3.45. The van der Waals surface area contributed by atoms with Gasteiger partial charge in [-0.2, -0.15) is 0 Å². The number of hydrogen-bond acceptors (Lipinski definition) is 5. The normalized spacial score (nSPS) is 18.0. The highest BCUT2D eigenvalue weighted by atomic mass is 15.2. The van der Waals surface area contributed by atoms with Gasteiger partial charge in [-0.3, -0.25) is 0 Å². The summed E-state index contributed by atoms with van der Waals surface area (Å²) in [5.74, 6) is 1.89. The van der Waals surface area contributed by atoms with E-state index in [1.807, 2.05) is 0 Å². The molecule has 0 aliphatic carbocycles. The number of nitrogens with zero attached hydrogens (tertiary/aromatic N) is 4. The van der Waals surface area contributed by atoms with Gasteiger partial charge in [-0.1, -0.05) is 0 Å². The zero-order valence-electron chi connectivity index (χ0n) is 14.1. The fourth-order valence-electron chi connectivity index (χ4n) is 3.59. The van der Waals surface area contributed by atoms with Crippen LogP contribution in [0.15, 0.2) is 36.7 Å². The largest absolute Gasteiger partial charge is 0.372 e. The fourth-order valence-corrected chi connectivity index (χ4v) is 3.59. The van der Waals surface area contributed by atoms with Gasteiger partial charge in [-0.25, -0.2) is 9.97 Å². The Labute approximate surface area is 143 Å². The van der Waals surface area contributed by atoms with E-state index < -0.39 is 0 Å². The third-order valence-electron chi connectivity index (χ3n) is 4.94. The Balaban J connectivity index is 1.44. The lowest BCUT2D eigenvalue weighted by atomic mass is 10.1. The SMILES string of the molecule is c1nc(Nc2ccc(N3CCCC3)cc2)cc(N2CCCCC2)n1. The van der Waals surface area contributed by atoms with Crippen LogP contribution in [-0.4, -0.2) is 36.1 Å². The molecule has 3 heterocycles. The van der Waals surface area contributed by atoms with Gasteiger partial charge in [0, 0.05) is 43.6 Å². The van der Waals surface area contributed by atoms with Gasteiger partial charge in [0.1, 0.15) is 18.0 Å². The first-order valence-corrected chi connectivity index (χ1v) is 9.07. The number of hydrogen-bond donors (Lipinski definition) is 1. The van der Waals surface area contributed by atoms with E-state index >= 15 is 0 Å². The van der Waals surface area contributed by atoms with Gasteiger partial charge in [0.2, 0.25) is 0 Å². The number of anilines is 4. The second kappa shape index (κ2) is 7.07. The molecule has 2 aliphatic rings. The summed E-state index contributed by atoms with van der Waals surface area (Å²) in [7, 11) is 0. The Morgan fingerprint density at radius 2 is 1.42 bits per heavy atom. The van der Waals surface area contributed by atoms with Gasteiger partial charge in [-0.15, -0.1) is 0 Å². The predicted octanol–water partition coefficient (Wildman–Crippen LogP) is 3.81. The van der Waals surface area contributed by atoms with E-state index in [1.165, 1.54) is 50.9 Å². The highest BCUT2D eigenvalue weighted by molar-refractivity contribution is 5.62. The molecule has 2 fully saturated rings. The summed E-state index contributed by atoms with van der Waals surface area (Å²) in [5, 5.41) is 3.40. The van der Waals surface area contributed by atoms with Crippen molar-refractivity contribution in [2.24, 2.45) is 0 Å². The van der Waals surface area contributed by atoms with E-state index in [-0.39, 0.29) is 0 Å². The molecule has 1 N–H and O–H groups in total. The third-order valence-corrected chi connectivity index (χ3v) is 4.94. The highest BCUT2D eigenvalue weighted by Crippen LogP contribution is 2.25. The van der Waals surface area contributed by atoms with Crippen LogP contribution in [0.25, 0.3) is 0 Å². The Kier molecular flexibility index (Phi) is 4.49. The second-order valence-electron chi connectivity index (χ2n) is 6.68. The molecule has 24 heavy (non-hydrogen) atoms. The summed E-state index contributed by atoms with van der Waals surface area (Å²) in [6.07, 6.45) is 8.11. The lowest BCUT2D eigenvalue weighted by Gasteiger charge is -2.27. The maximum absolute atomic E-state index is 4.44. The summed E-state index contributed by atoms with van der Waals surface area (Å²) in [6, 6.07) is 10.7. The van der Waals surface area contributed by atoms with E-state index in [2.05, 4.69) is 55.4 Å². The van der Waals surface area contributed by atoms with Crippen molar-refractivity contribution in [1.29, 1.82) is 0 Å².